The lowest BCUT2D eigenvalue weighted by Crippen LogP contribution is -2.38. The molecule has 4 nitrogen and oxygen atoms in total. The highest BCUT2D eigenvalue weighted by Gasteiger charge is 2.49. The number of Topliss-reactive ketones (excluding diaryl/α,β-unsaturated/α-hetero) is 1. The average Bonchev–Trinajstić information content (AvgIpc) is 3.01. The Morgan fingerprint density at radius 2 is 1.59 bits per heavy atom. The first-order valence-electron chi connectivity index (χ1n) is 8.79. The third kappa shape index (κ3) is 2.79. The molecule has 0 radical (unpaired) electrons. The predicted octanol–water partition coefficient (Wildman–Crippen LogP) is 4.21. The van der Waals surface area contributed by atoms with Crippen molar-refractivity contribution in [3.05, 3.63) is 95.6 Å². The second kappa shape index (κ2) is 6.72. The highest BCUT2D eigenvalue weighted by atomic mass is 16.5. The first-order valence-corrected chi connectivity index (χ1v) is 8.79. The minimum atomic E-state index is -1.06. The average molecular weight is 357 g/mol. The molecule has 1 heterocycles. The maximum Gasteiger partial charge on any atom is 0.240 e. The van der Waals surface area contributed by atoms with Crippen LogP contribution in [-0.4, -0.2) is 18.8 Å². The number of para-hydroxylation sites is 1. The van der Waals surface area contributed by atoms with E-state index in [2.05, 4.69) is 5.32 Å². The largest absolute Gasteiger partial charge is 0.497 e. The van der Waals surface area contributed by atoms with Gasteiger partial charge in [-0.05, 0) is 29.3 Å². The Morgan fingerprint density at radius 3 is 2.30 bits per heavy atom. The number of benzene rings is 3. The van der Waals surface area contributed by atoms with Crippen molar-refractivity contribution in [3.63, 3.8) is 0 Å². The van der Waals surface area contributed by atoms with Crippen LogP contribution in [0.25, 0.3) is 0 Å². The number of fused-ring (bicyclic) bond motifs is 1. The first kappa shape index (κ1) is 17.0. The molecule has 1 atom stereocenters. The molecule has 1 aliphatic rings. The molecule has 0 aromatic heterocycles. The van der Waals surface area contributed by atoms with Crippen LogP contribution in [-0.2, 0) is 10.2 Å². The highest BCUT2D eigenvalue weighted by Crippen LogP contribution is 2.46. The van der Waals surface area contributed by atoms with E-state index in [0.717, 1.165) is 16.8 Å². The normalized spacial score (nSPS) is 17.9. The van der Waals surface area contributed by atoms with E-state index >= 15 is 0 Å². The summed E-state index contributed by atoms with van der Waals surface area (Å²) in [6.07, 6.45) is 0.0617. The van der Waals surface area contributed by atoms with Gasteiger partial charge in [0.05, 0.1) is 7.11 Å². The van der Waals surface area contributed by atoms with Crippen LogP contribution >= 0.6 is 0 Å². The van der Waals surface area contributed by atoms with Gasteiger partial charge in [0.2, 0.25) is 5.91 Å². The van der Waals surface area contributed by atoms with Crippen molar-refractivity contribution < 1.29 is 14.3 Å². The molecule has 0 spiro atoms. The fraction of sp³-hybridized carbons (Fsp3) is 0.130. The number of ketones is 1. The fourth-order valence-electron chi connectivity index (χ4n) is 3.72. The smallest absolute Gasteiger partial charge is 0.240 e. The lowest BCUT2D eigenvalue weighted by molar-refractivity contribution is -0.119. The van der Waals surface area contributed by atoms with Crippen LogP contribution in [0.15, 0.2) is 78.9 Å². The van der Waals surface area contributed by atoms with E-state index in [0.29, 0.717) is 11.3 Å². The Morgan fingerprint density at radius 1 is 0.926 bits per heavy atom. The second-order valence-electron chi connectivity index (χ2n) is 6.60. The summed E-state index contributed by atoms with van der Waals surface area (Å²) in [6, 6.07) is 24.0. The van der Waals surface area contributed by atoms with Crippen LogP contribution in [0, 0.1) is 0 Å². The fourth-order valence-corrected chi connectivity index (χ4v) is 3.72. The number of ether oxygens (including phenoxy) is 1. The van der Waals surface area contributed by atoms with Gasteiger partial charge in [-0.2, -0.15) is 0 Å². The van der Waals surface area contributed by atoms with Crippen LogP contribution in [0.5, 0.6) is 5.75 Å². The zero-order valence-electron chi connectivity index (χ0n) is 14.9. The van der Waals surface area contributed by atoms with Gasteiger partial charge >= 0.3 is 0 Å². The SMILES string of the molecule is COc1ccc(C2(CC(=O)c3ccccc3)C(=O)Nc3ccccc32)cc1. The topological polar surface area (TPSA) is 55.4 Å². The van der Waals surface area contributed by atoms with Crippen molar-refractivity contribution >= 4 is 17.4 Å². The number of rotatable bonds is 5. The number of carbonyl (C=O) groups is 2. The molecular weight excluding hydrogens is 338 g/mol. The van der Waals surface area contributed by atoms with E-state index in [1.54, 1.807) is 19.2 Å². The van der Waals surface area contributed by atoms with Crippen LogP contribution in [0.3, 0.4) is 0 Å². The number of methoxy groups -OCH3 is 1. The summed E-state index contributed by atoms with van der Waals surface area (Å²) < 4.78 is 5.24. The molecule has 0 saturated heterocycles. The van der Waals surface area contributed by atoms with E-state index in [1.807, 2.05) is 66.7 Å². The van der Waals surface area contributed by atoms with Gasteiger partial charge in [-0.1, -0.05) is 60.7 Å². The maximum atomic E-state index is 13.2. The number of nitrogens with one attached hydrogen (secondary N) is 1. The summed E-state index contributed by atoms with van der Waals surface area (Å²) in [4.78, 5) is 26.2. The molecule has 1 N–H and O–H groups in total. The number of anilines is 1. The van der Waals surface area contributed by atoms with Crippen LogP contribution in [0.4, 0.5) is 5.69 Å². The van der Waals surface area contributed by atoms with Crippen molar-refractivity contribution in [1.82, 2.24) is 0 Å². The zero-order valence-corrected chi connectivity index (χ0v) is 14.9. The molecule has 4 rings (SSSR count). The highest BCUT2D eigenvalue weighted by molar-refractivity contribution is 6.12. The summed E-state index contributed by atoms with van der Waals surface area (Å²) in [5.41, 5.74) is 1.89. The van der Waals surface area contributed by atoms with E-state index in [-0.39, 0.29) is 18.1 Å². The summed E-state index contributed by atoms with van der Waals surface area (Å²) in [5, 5.41) is 2.95. The molecule has 4 heteroatoms. The molecule has 0 fully saturated rings. The quantitative estimate of drug-likeness (QED) is 0.696. The summed E-state index contributed by atoms with van der Waals surface area (Å²) in [6.45, 7) is 0. The lowest BCUT2D eigenvalue weighted by Gasteiger charge is -2.28. The van der Waals surface area contributed by atoms with Crippen molar-refractivity contribution in [2.24, 2.45) is 0 Å². The summed E-state index contributed by atoms with van der Waals surface area (Å²) in [7, 11) is 1.60. The Balaban J connectivity index is 1.85. The number of amides is 1. The van der Waals surface area contributed by atoms with Gasteiger partial charge in [0.1, 0.15) is 11.2 Å². The molecule has 27 heavy (non-hydrogen) atoms. The van der Waals surface area contributed by atoms with Gasteiger partial charge in [-0.25, -0.2) is 0 Å². The van der Waals surface area contributed by atoms with Gasteiger partial charge in [0, 0.05) is 17.7 Å². The minimum absolute atomic E-state index is 0.0617. The number of hydrogen-bond acceptors (Lipinski definition) is 3. The standard InChI is InChI=1S/C23H19NO3/c1-27-18-13-11-17(12-14-18)23(15-21(25)16-7-3-2-4-8-16)19-9-5-6-10-20(19)24-22(23)26/h2-14H,15H2,1H3,(H,24,26). The van der Waals surface area contributed by atoms with Gasteiger partial charge in [-0.3, -0.25) is 9.59 Å². The molecule has 3 aromatic carbocycles. The summed E-state index contributed by atoms with van der Waals surface area (Å²) in [5.74, 6) is 0.450. The Kier molecular flexibility index (Phi) is 4.24. The van der Waals surface area contributed by atoms with Crippen molar-refractivity contribution in [2.75, 3.05) is 12.4 Å². The van der Waals surface area contributed by atoms with E-state index in [4.69, 9.17) is 4.74 Å². The van der Waals surface area contributed by atoms with Crippen LogP contribution < -0.4 is 10.1 Å². The Hall–Kier alpha value is -3.40. The third-order valence-electron chi connectivity index (χ3n) is 5.13. The van der Waals surface area contributed by atoms with Gasteiger partial charge in [0.25, 0.3) is 0 Å². The molecule has 0 bridgehead atoms. The van der Waals surface area contributed by atoms with E-state index in [1.165, 1.54) is 0 Å². The Bertz CT molecular complexity index is 996. The van der Waals surface area contributed by atoms with E-state index < -0.39 is 5.41 Å². The maximum absolute atomic E-state index is 13.2. The lowest BCUT2D eigenvalue weighted by atomic mass is 9.71. The molecule has 134 valence electrons. The van der Waals surface area contributed by atoms with Crippen molar-refractivity contribution in [1.29, 1.82) is 0 Å². The van der Waals surface area contributed by atoms with Gasteiger partial charge in [-0.15, -0.1) is 0 Å². The van der Waals surface area contributed by atoms with Crippen molar-refractivity contribution in [2.45, 2.75) is 11.8 Å². The molecule has 0 saturated carbocycles. The molecular formula is C23H19NO3. The second-order valence-corrected chi connectivity index (χ2v) is 6.60. The molecule has 3 aromatic rings. The molecule has 0 aliphatic carbocycles. The van der Waals surface area contributed by atoms with Crippen LogP contribution in [0.1, 0.15) is 27.9 Å². The molecule has 1 aliphatic heterocycles. The monoisotopic (exact) mass is 357 g/mol. The van der Waals surface area contributed by atoms with E-state index in [9.17, 15) is 9.59 Å². The Labute approximate surface area is 157 Å². The minimum Gasteiger partial charge on any atom is -0.497 e. The number of carbonyl (C=O) groups excluding carboxylic acids is 2. The molecule has 1 amide bonds. The van der Waals surface area contributed by atoms with Crippen LogP contribution in [0.2, 0.25) is 0 Å². The van der Waals surface area contributed by atoms with Crippen molar-refractivity contribution in [3.8, 4) is 5.75 Å². The van der Waals surface area contributed by atoms with Gasteiger partial charge in [0.15, 0.2) is 5.78 Å². The molecule has 1 unspecified atom stereocenters. The third-order valence-corrected chi connectivity index (χ3v) is 5.13. The first-order chi connectivity index (χ1) is 13.1. The predicted molar refractivity (Wildman–Crippen MR) is 104 cm³/mol. The number of hydrogen-bond donors (Lipinski definition) is 1. The zero-order chi connectivity index (χ0) is 18.9. The van der Waals surface area contributed by atoms with Gasteiger partial charge < -0.3 is 10.1 Å². The summed E-state index contributed by atoms with van der Waals surface area (Å²) >= 11 is 0.